The Hall–Kier alpha value is -3.56. The predicted octanol–water partition coefficient (Wildman–Crippen LogP) is 2.91. The molecule has 0 aliphatic rings. The summed E-state index contributed by atoms with van der Waals surface area (Å²) in [5.74, 6) is 12.6. The average molecular weight is 465 g/mol. The number of carbonyl (C=O) groups excluding carboxylic acids is 1. The fourth-order valence-corrected chi connectivity index (χ4v) is 3.78. The summed E-state index contributed by atoms with van der Waals surface area (Å²) in [6.45, 7) is 0.352. The highest BCUT2D eigenvalue weighted by atomic mass is 32.2. The maximum absolute atomic E-state index is 13.3. The Morgan fingerprint density at radius 2 is 2.00 bits per heavy atom. The number of pyridine rings is 1. The molecule has 172 valence electrons. The first kappa shape index (κ1) is 24.1. The van der Waals surface area contributed by atoms with Crippen LogP contribution >= 0.6 is 11.8 Å². The van der Waals surface area contributed by atoms with Gasteiger partial charge in [0.25, 0.3) is 5.91 Å². The van der Waals surface area contributed by atoms with Crippen LogP contribution in [0.15, 0.2) is 78.2 Å². The zero-order valence-electron chi connectivity index (χ0n) is 18.4. The summed E-state index contributed by atoms with van der Waals surface area (Å²) in [6.07, 6.45) is 5.98. The molecule has 0 bridgehead atoms. The first-order valence-electron chi connectivity index (χ1n) is 10.4. The molecule has 1 aromatic heterocycles. The molecular formula is C24H28N6O2S. The Morgan fingerprint density at radius 1 is 1.18 bits per heavy atom. The van der Waals surface area contributed by atoms with Crippen LogP contribution in [0.25, 0.3) is 11.1 Å². The van der Waals surface area contributed by atoms with Crippen LogP contribution in [0.3, 0.4) is 0 Å². The summed E-state index contributed by atoms with van der Waals surface area (Å²) in [6, 6.07) is 18.7. The van der Waals surface area contributed by atoms with E-state index in [1.54, 1.807) is 30.2 Å². The quantitative estimate of drug-likeness (QED) is 0.157. The number of nitrogens with zero attached hydrogens (tertiary/aromatic N) is 2. The maximum Gasteiger partial charge on any atom is 0.252 e. The zero-order chi connectivity index (χ0) is 23.5. The van der Waals surface area contributed by atoms with Crippen molar-refractivity contribution in [2.75, 3.05) is 12.0 Å². The molecule has 9 heteroatoms. The Bertz CT molecular complexity index is 1060. The van der Waals surface area contributed by atoms with Crippen LogP contribution in [-0.2, 0) is 6.61 Å². The third-order valence-electron chi connectivity index (χ3n) is 4.99. The van der Waals surface area contributed by atoms with Crippen molar-refractivity contribution in [1.29, 1.82) is 0 Å². The number of aromatic nitrogens is 1. The smallest absolute Gasteiger partial charge is 0.252 e. The number of benzene rings is 2. The van der Waals surface area contributed by atoms with Gasteiger partial charge in [-0.15, -0.1) is 0 Å². The van der Waals surface area contributed by atoms with Crippen molar-refractivity contribution < 1.29 is 9.53 Å². The molecule has 3 rings (SSSR count). The summed E-state index contributed by atoms with van der Waals surface area (Å²) in [4.78, 5) is 17.4. The Balaban J connectivity index is 1.88. The van der Waals surface area contributed by atoms with Gasteiger partial charge in [-0.1, -0.05) is 36.4 Å². The number of amides is 1. The lowest BCUT2D eigenvalue weighted by Gasteiger charge is -2.21. The standard InChI is InChI=1S/C24H28N6O2S/c1-33-13-11-22(23(29-25)30-26)28-24(31)20-10-9-17(16-32-19-8-5-12-27-15-19)14-21(20)18-6-3-2-4-7-18/h2-10,12,14-15,22H,11,13,16,25-26H2,1H3,(H,28,31)(H,29,30)/t22-/m0/s1. The normalized spacial score (nSPS) is 12.1. The fourth-order valence-electron chi connectivity index (χ4n) is 3.31. The molecule has 0 saturated carbocycles. The first-order valence-corrected chi connectivity index (χ1v) is 11.8. The lowest BCUT2D eigenvalue weighted by molar-refractivity contribution is 0.0946. The van der Waals surface area contributed by atoms with E-state index < -0.39 is 6.04 Å². The second-order valence-electron chi connectivity index (χ2n) is 7.19. The summed E-state index contributed by atoms with van der Waals surface area (Å²) in [5, 5.41) is 6.70. The highest BCUT2D eigenvalue weighted by Gasteiger charge is 2.21. The molecular weight excluding hydrogens is 436 g/mol. The topological polar surface area (TPSA) is 128 Å². The van der Waals surface area contributed by atoms with E-state index >= 15 is 0 Å². The molecule has 0 unspecified atom stereocenters. The van der Waals surface area contributed by atoms with Gasteiger partial charge in [-0.05, 0) is 59.4 Å². The zero-order valence-corrected chi connectivity index (χ0v) is 19.2. The summed E-state index contributed by atoms with van der Waals surface area (Å²) >= 11 is 1.66. The number of nitrogens with two attached hydrogens (primary N) is 2. The van der Waals surface area contributed by atoms with Gasteiger partial charge in [-0.25, -0.2) is 5.84 Å². The molecule has 8 nitrogen and oxygen atoms in total. The van der Waals surface area contributed by atoms with Crippen molar-refractivity contribution in [1.82, 2.24) is 15.7 Å². The molecule has 6 N–H and O–H groups in total. The van der Waals surface area contributed by atoms with Crippen LogP contribution in [0.2, 0.25) is 0 Å². The molecule has 1 atom stereocenters. The molecule has 3 aromatic rings. The van der Waals surface area contributed by atoms with Crippen LogP contribution in [0.1, 0.15) is 22.3 Å². The van der Waals surface area contributed by atoms with E-state index in [9.17, 15) is 4.79 Å². The van der Waals surface area contributed by atoms with E-state index in [0.717, 1.165) is 22.4 Å². The summed E-state index contributed by atoms with van der Waals surface area (Å²) in [5.41, 5.74) is 5.68. The predicted molar refractivity (Wildman–Crippen MR) is 134 cm³/mol. The number of nitrogens with one attached hydrogen (secondary N) is 2. The number of hydrazine groups is 1. The van der Waals surface area contributed by atoms with Crippen LogP contribution in [0.4, 0.5) is 0 Å². The van der Waals surface area contributed by atoms with E-state index in [1.165, 1.54) is 0 Å². The molecule has 0 aliphatic carbocycles. The van der Waals surface area contributed by atoms with Gasteiger partial charge in [-0.3, -0.25) is 9.78 Å². The highest BCUT2D eigenvalue weighted by molar-refractivity contribution is 7.98. The summed E-state index contributed by atoms with van der Waals surface area (Å²) < 4.78 is 5.84. The second-order valence-corrected chi connectivity index (χ2v) is 8.18. The number of thioether (sulfide) groups is 1. The Labute approximate surface area is 197 Å². The van der Waals surface area contributed by atoms with Gasteiger partial charge in [0.15, 0.2) is 5.84 Å². The number of hydrazone groups is 1. The fraction of sp³-hybridized carbons (Fsp3) is 0.208. The molecule has 0 radical (unpaired) electrons. The van der Waals surface area contributed by atoms with Gasteiger partial charge in [-0.2, -0.15) is 16.9 Å². The van der Waals surface area contributed by atoms with E-state index in [2.05, 4.69) is 20.8 Å². The molecule has 0 saturated heterocycles. The molecule has 33 heavy (non-hydrogen) atoms. The molecule has 1 amide bonds. The molecule has 1 heterocycles. The lowest BCUT2D eigenvalue weighted by atomic mass is 9.96. The minimum atomic E-state index is -0.433. The van der Waals surface area contributed by atoms with Crippen molar-refractivity contribution >= 4 is 23.5 Å². The van der Waals surface area contributed by atoms with Crippen LogP contribution in [-0.4, -0.2) is 34.8 Å². The third kappa shape index (κ3) is 6.71. The van der Waals surface area contributed by atoms with Gasteiger partial charge in [0.05, 0.1) is 12.2 Å². The van der Waals surface area contributed by atoms with Crippen LogP contribution in [0.5, 0.6) is 5.75 Å². The van der Waals surface area contributed by atoms with Crippen LogP contribution in [0, 0.1) is 0 Å². The van der Waals surface area contributed by atoms with Gasteiger partial charge < -0.3 is 21.3 Å². The van der Waals surface area contributed by atoms with Crippen molar-refractivity contribution in [3.8, 4) is 16.9 Å². The van der Waals surface area contributed by atoms with Gasteiger partial charge >= 0.3 is 0 Å². The lowest BCUT2D eigenvalue weighted by Crippen LogP contribution is -2.50. The number of amidine groups is 1. The monoisotopic (exact) mass is 464 g/mol. The average Bonchev–Trinajstić information content (AvgIpc) is 2.87. The van der Waals surface area contributed by atoms with Crippen molar-refractivity contribution in [3.63, 3.8) is 0 Å². The largest absolute Gasteiger partial charge is 0.487 e. The first-order chi connectivity index (χ1) is 16.2. The van der Waals surface area contributed by atoms with E-state index in [-0.39, 0.29) is 5.91 Å². The maximum atomic E-state index is 13.3. The Morgan fingerprint density at radius 3 is 2.67 bits per heavy atom. The third-order valence-corrected chi connectivity index (χ3v) is 5.63. The van der Waals surface area contributed by atoms with Crippen molar-refractivity contribution in [2.24, 2.45) is 16.8 Å². The number of hydrogen-bond acceptors (Lipinski definition) is 7. The Kier molecular flexibility index (Phi) is 9.10. The van der Waals surface area contributed by atoms with E-state index in [4.69, 9.17) is 16.4 Å². The van der Waals surface area contributed by atoms with Gasteiger partial charge in [0.2, 0.25) is 0 Å². The SMILES string of the molecule is CSCC[C@H](NC(=O)c1ccc(COc2cccnc2)cc1-c1ccccc1)/C(=N/N)NN. The van der Waals surface area contributed by atoms with E-state index in [0.29, 0.717) is 30.2 Å². The summed E-state index contributed by atoms with van der Waals surface area (Å²) in [7, 11) is 0. The second kappa shape index (κ2) is 12.5. The molecule has 0 aliphatic heterocycles. The highest BCUT2D eigenvalue weighted by Crippen LogP contribution is 2.26. The minimum Gasteiger partial charge on any atom is -0.487 e. The number of carbonyl (C=O) groups is 1. The molecule has 0 fully saturated rings. The van der Waals surface area contributed by atoms with Crippen molar-refractivity contribution in [2.45, 2.75) is 19.1 Å². The van der Waals surface area contributed by atoms with Gasteiger partial charge in [0, 0.05) is 11.8 Å². The molecule has 0 spiro atoms. The molecule has 2 aromatic carbocycles. The van der Waals surface area contributed by atoms with E-state index in [1.807, 2.05) is 60.9 Å². The number of hydrogen-bond donors (Lipinski definition) is 4. The number of rotatable bonds is 10. The van der Waals surface area contributed by atoms with Gasteiger partial charge in [0.1, 0.15) is 12.4 Å². The number of ether oxygens (including phenoxy) is 1. The minimum absolute atomic E-state index is 0.240. The van der Waals surface area contributed by atoms with Crippen molar-refractivity contribution in [3.05, 3.63) is 84.2 Å². The van der Waals surface area contributed by atoms with Crippen LogP contribution < -0.4 is 27.2 Å².